The van der Waals surface area contributed by atoms with Gasteiger partial charge in [0.15, 0.2) is 0 Å². The third kappa shape index (κ3) is 4.33. The average molecular weight is 345 g/mol. The maximum absolute atomic E-state index is 12.7. The summed E-state index contributed by atoms with van der Waals surface area (Å²) in [4.78, 5) is 19.4. The minimum absolute atomic E-state index is 0.0543. The topological polar surface area (TPSA) is 38.8 Å². The van der Waals surface area contributed by atoms with Crippen LogP contribution in [0.15, 0.2) is 30.3 Å². The molecule has 2 amide bonds. The van der Waals surface area contributed by atoms with E-state index < -0.39 is 0 Å². The van der Waals surface area contributed by atoms with Crippen LogP contribution < -0.4 is 5.32 Å². The van der Waals surface area contributed by atoms with Crippen LogP contribution >= 0.6 is 0 Å². The van der Waals surface area contributed by atoms with Gasteiger partial charge in [-0.05, 0) is 32.5 Å². The first-order chi connectivity index (χ1) is 12.0. The van der Waals surface area contributed by atoms with Gasteiger partial charge < -0.3 is 15.1 Å². The Kier molecular flexibility index (Phi) is 5.64. The maximum Gasteiger partial charge on any atom is 0.317 e. The number of benzene rings is 1. The van der Waals surface area contributed by atoms with E-state index in [1.807, 2.05) is 4.90 Å². The largest absolute Gasteiger partial charge is 0.336 e. The van der Waals surface area contributed by atoms with Crippen LogP contribution in [0.1, 0.15) is 25.3 Å². The lowest BCUT2D eigenvalue weighted by Gasteiger charge is -2.42. The Morgan fingerprint density at radius 3 is 2.72 bits per heavy atom. The summed E-state index contributed by atoms with van der Waals surface area (Å²) in [7, 11) is 4.30. The van der Waals surface area contributed by atoms with Gasteiger partial charge in [-0.25, -0.2) is 4.79 Å². The summed E-state index contributed by atoms with van der Waals surface area (Å²) < 4.78 is 0. The molecule has 0 aliphatic carbocycles. The highest BCUT2D eigenvalue weighted by molar-refractivity contribution is 5.74. The van der Waals surface area contributed by atoms with Crippen LogP contribution in [0.5, 0.6) is 0 Å². The number of nitrogens with one attached hydrogen (secondary N) is 1. The van der Waals surface area contributed by atoms with Crippen LogP contribution in [0.3, 0.4) is 0 Å². The van der Waals surface area contributed by atoms with E-state index in [4.69, 9.17) is 0 Å². The number of rotatable bonds is 3. The first-order valence-electron chi connectivity index (χ1n) is 9.45. The molecule has 3 rings (SSSR count). The number of hydrogen-bond acceptors (Lipinski definition) is 3. The Morgan fingerprint density at radius 2 is 1.96 bits per heavy atom. The van der Waals surface area contributed by atoms with Crippen molar-refractivity contribution < 1.29 is 4.79 Å². The van der Waals surface area contributed by atoms with E-state index in [0.29, 0.717) is 6.04 Å². The molecule has 2 aliphatic rings. The molecule has 25 heavy (non-hydrogen) atoms. The summed E-state index contributed by atoms with van der Waals surface area (Å²) in [5.41, 5.74) is 1.39. The molecule has 0 spiro atoms. The van der Waals surface area contributed by atoms with Crippen molar-refractivity contribution in [1.29, 1.82) is 0 Å². The van der Waals surface area contributed by atoms with E-state index in [9.17, 15) is 4.79 Å². The minimum atomic E-state index is 0.0543. The third-order valence-electron chi connectivity index (χ3n) is 5.92. The van der Waals surface area contributed by atoms with Crippen LogP contribution in [0.4, 0.5) is 4.79 Å². The highest BCUT2D eigenvalue weighted by Crippen LogP contribution is 2.33. The minimum Gasteiger partial charge on any atom is -0.336 e. The number of hydrogen-bond donors (Lipinski definition) is 1. The molecule has 1 aromatic carbocycles. The fraction of sp³-hybridized carbons (Fsp3) is 0.650. The van der Waals surface area contributed by atoms with Crippen LogP contribution in [0.2, 0.25) is 0 Å². The number of carbonyl (C=O) groups excluding carboxylic acids is 1. The Morgan fingerprint density at radius 1 is 1.20 bits per heavy atom. The second kappa shape index (κ2) is 7.75. The highest BCUT2D eigenvalue weighted by Gasteiger charge is 2.34. The van der Waals surface area contributed by atoms with Gasteiger partial charge in [-0.1, -0.05) is 37.3 Å². The van der Waals surface area contributed by atoms with Crippen molar-refractivity contribution in [2.45, 2.75) is 31.2 Å². The van der Waals surface area contributed by atoms with Crippen molar-refractivity contribution in [2.75, 3.05) is 53.4 Å². The zero-order chi connectivity index (χ0) is 17.9. The quantitative estimate of drug-likeness (QED) is 0.911. The zero-order valence-corrected chi connectivity index (χ0v) is 15.9. The van der Waals surface area contributed by atoms with E-state index in [1.165, 1.54) is 5.56 Å². The van der Waals surface area contributed by atoms with Crippen LogP contribution in [0.25, 0.3) is 0 Å². The maximum atomic E-state index is 12.7. The molecule has 0 unspecified atom stereocenters. The predicted octanol–water partition coefficient (Wildman–Crippen LogP) is 2.00. The van der Waals surface area contributed by atoms with Crippen molar-refractivity contribution in [3.8, 4) is 0 Å². The molecule has 5 nitrogen and oxygen atoms in total. The summed E-state index contributed by atoms with van der Waals surface area (Å²) in [5, 5.41) is 3.18. The number of amides is 2. The SMILES string of the molecule is CN1CCN(C)[C@@H](CNC(=O)N2CCC[C@](C)(c3ccccc3)C2)C1. The number of likely N-dealkylation sites (tertiary alicyclic amines) is 1. The molecule has 138 valence electrons. The smallest absolute Gasteiger partial charge is 0.317 e. The number of urea groups is 1. The second-order valence-corrected chi connectivity index (χ2v) is 8.03. The summed E-state index contributed by atoms with van der Waals surface area (Å²) in [6, 6.07) is 11.1. The standard InChI is InChI=1S/C20H32N4O/c1-20(17-8-5-4-6-9-17)10-7-11-24(16-20)19(25)21-14-18-15-22(2)12-13-23(18)3/h4-6,8-9,18H,7,10-16H2,1-3H3,(H,21,25)/t18-,20-/m0/s1. The lowest BCUT2D eigenvalue weighted by Crippen LogP contribution is -2.56. The van der Waals surface area contributed by atoms with Gasteiger partial charge in [0.05, 0.1) is 0 Å². The fourth-order valence-electron chi connectivity index (χ4n) is 4.13. The molecule has 0 radical (unpaired) electrons. The number of nitrogens with zero attached hydrogens (tertiary/aromatic N) is 3. The molecule has 1 N–H and O–H groups in total. The van der Waals surface area contributed by atoms with Crippen molar-refractivity contribution in [3.63, 3.8) is 0 Å². The first-order valence-corrected chi connectivity index (χ1v) is 9.45. The van der Waals surface area contributed by atoms with E-state index >= 15 is 0 Å². The molecule has 1 aromatic rings. The van der Waals surface area contributed by atoms with Crippen LogP contribution in [-0.2, 0) is 5.41 Å². The van der Waals surface area contributed by atoms with Gasteiger partial charge in [-0.2, -0.15) is 0 Å². The zero-order valence-electron chi connectivity index (χ0n) is 15.9. The van der Waals surface area contributed by atoms with Crippen LogP contribution in [-0.4, -0.2) is 80.1 Å². The molecule has 2 atom stereocenters. The second-order valence-electron chi connectivity index (χ2n) is 8.03. The summed E-state index contributed by atoms with van der Waals surface area (Å²) in [6.45, 7) is 7.83. The molecule has 2 aliphatic heterocycles. The van der Waals surface area contributed by atoms with Gasteiger partial charge in [-0.15, -0.1) is 0 Å². The lowest BCUT2D eigenvalue weighted by atomic mass is 9.76. The molecule has 0 bridgehead atoms. The third-order valence-corrected chi connectivity index (χ3v) is 5.92. The average Bonchev–Trinajstić information content (AvgIpc) is 2.63. The molecule has 0 aromatic heterocycles. The molecule has 2 fully saturated rings. The van der Waals surface area contributed by atoms with Crippen molar-refractivity contribution in [1.82, 2.24) is 20.0 Å². The van der Waals surface area contributed by atoms with Gasteiger partial charge in [0, 0.05) is 50.7 Å². The van der Waals surface area contributed by atoms with Gasteiger partial charge in [-0.3, -0.25) is 4.90 Å². The molecular weight excluding hydrogens is 312 g/mol. The summed E-state index contributed by atoms with van der Waals surface area (Å²) in [5.74, 6) is 0. The Balaban J connectivity index is 1.57. The first kappa shape index (κ1) is 18.2. The van der Waals surface area contributed by atoms with Gasteiger partial charge >= 0.3 is 6.03 Å². The molecule has 0 saturated carbocycles. The van der Waals surface area contributed by atoms with Crippen molar-refractivity contribution in [2.24, 2.45) is 0 Å². The Hall–Kier alpha value is -1.59. The van der Waals surface area contributed by atoms with Gasteiger partial charge in [0.1, 0.15) is 0 Å². The molecular formula is C20H32N4O. The lowest BCUT2D eigenvalue weighted by molar-refractivity contribution is 0.109. The Labute approximate surface area is 152 Å². The van der Waals surface area contributed by atoms with E-state index in [0.717, 1.165) is 52.1 Å². The number of piperidine rings is 1. The highest BCUT2D eigenvalue weighted by atomic mass is 16.2. The fourth-order valence-corrected chi connectivity index (χ4v) is 4.13. The van der Waals surface area contributed by atoms with E-state index in [2.05, 4.69) is 66.5 Å². The van der Waals surface area contributed by atoms with Crippen molar-refractivity contribution in [3.05, 3.63) is 35.9 Å². The monoisotopic (exact) mass is 344 g/mol. The summed E-state index contributed by atoms with van der Waals surface area (Å²) in [6.07, 6.45) is 2.20. The number of piperazine rings is 1. The predicted molar refractivity (Wildman–Crippen MR) is 102 cm³/mol. The molecule has 5 heteroatoms. The van der Waals surface area contributed by atoms with Gasteiger partial charge in [0.25, 0.3) is 0 Å². The number of carbonyl (C=O) groups is 1. The number of likely N-dealkylation sites (N-methyl/N-ethyl adjacent to an activating group) is 2. The Bertz CT molecular complexity index is 578. The molecule has 2 saturated heterocycles. The van der Waals surface area contributed by atoms with E-state index in [-0.39, 0.29) is 11.4 Å². The summed E-state index contributed by atoms with van der Waals surface area (Å²) >= 11 is 0. The molecule has 2 heterocycles. The normalized spacial score (nSPS) is 28.8. The van der Waals surface area contributed by atoms with Crippen molar-refractivity contribution >= 4 is 6.03 Å². The van der Waals surface area contributed by atoms with E-state index in [1.54, 1.807) is 0 Å². The van der Waals surface area contributed by atoms with Gasteiger partial charge in [0.2, 0.25) is 0 Å². The van der Waals surface area contributed by atoms with Crippen LogP contribution in [0, 0.1) is 0 Å².